The van der Waals surface area contributed by atoms with E-state index in [4.69, 9.17) is 4.74 Å². The third-order valence-corrected chi connectivity index (χ3v) is 2.77. The third-order valence-electron chi connectivity index (χ3n) is 2.77. The van der Waals surface area contributed by atoms with E-state index in [1.165, 1.54) is 17.5 Å². The van der Waals surface area contributed by atoms with Crippen LogP contribution in [0.15, 0.2) is 42.6 Å². The Morgan fingerprint density at radius 2 is 1.71 bits per heavy atom. The molecule has 0 radical (unpaired) electrons. The first-order valence-electron chi connectivity index (χ1n) is 5.93. The van der Waals surface area contributed by atoms with Crippen molar-refractivity contribution in [1.82, 2.24) is 4.98 Å². The van der Waals surface area contributed by atoms with Crippen LogP contribution < -0.4 is 4.74 Å². The van der Waals surface area contributed by atoms with Crippen molar-refractivity contribution in [2.75, 3.05) is 7.11 Å². The summed E-state index contributed by atoms with van der Waals surface area (Å²) < 4.78 is 5.04. The van der Waals surface area contributed by atoms with Gasteiger partial charge in [-0.3, -0.25) is 0 Å². The number of rotatable bonds is 4. The van der Waals surface area contributed by atoms with E-state index in [1.54, 1.807) is 7.11 Å². The molecule has 0 fully saturated rings. The van der Waals surface area contributed by atoms with E-state index in [9.17, 15) is 0 Å². The minimum absolute atomic E-state index is 0.649. The van der Waals surface area contributed by atoms with E-state index >= 15 is 0 Å². The fourth-order valence-electron chi connectivity index (χ4n) is 1.82. The van der Waals surface area contributed by atoms with Crippen LogP contribution >= 0.6 is 0 Å². The highest BCUT2D eigenvalue weighted by Crippen LogP contribution is 2.21. The molecule has 88 valence electrons. The van der Waals surface area contributed by atoms with Crippen molar-refractivity contribution >= 4 is 0 Å². The van der Waals surface area contributed by atoms with Crippen molar-refractivity contribution in [3.8, 4) is 17.0 Å². The summed E-state index contributed by atoms with van der Waals surface area (Å²) in [5.41, 5.74) is 3.70. The van der Waals surface area contributed by atoms with Crippen molar-refractivity contribution in [3.63, 3.8) is 0 Å². The molecule has 0 aliphatic rings. The number of methoxy groups -OCH3 is 1. The predicted octanol–water partition coefficient (Wildman–Crippen LogP) is 3.71. The Bertz CT molecular complexity index is 459. The Kier molecular flexibility index (Phi) is 3.76. The fourth-order valence-corrected chi connectivity index (χ4v) is 1.82. The van der Waals surface area contributed by atoms with Crippen LogP contribution in [-0.2, 0) is 6.42 Å². The smallest absolute Gasteiger partial charge is 0.212 e. The molecular formula is C15H17NO. The lowest BCUT2D eigenvalue weighted by molar-refractivity contribution is 0.398. The summed E-state index contributed by atoms with van der Waals surface area (Å²) in [6, 6.07) is 12.6. The lowest BCUT2D eigenvalue weighted by Gasteiger charge is -2.04. The summed E-state index contributed by atoms with van der Waals surface area (Å²) in [7, 11) is 1.63. The second-order valence-electron chi connectivity index (χ2n) is 4.04. The molecule has 0 saturated heterocycles. The van der Waals surface area contributed by atoms with Gasteiger partial charge in [0.2, 0.25) is 5.88 Å². The van der Waals surface area contributed by atoms with Gasteiger partial charge in [0.25, 0.3) is 0 Å². The lowest BCUT2D eigenvalue weighted by atomic mass is 10.0. The van der Waals surface area contributed by atoms with Crippen molar-refractivity contribution in [2.45, 2.75) is 19.8 Å². The summed E-state index contributed by atoms with van der Waals surface area (Å²) in [4.78, 5) is 4.21. The van der Waals surface area contributed by atoms with E-state index in [0.29, 0.717) is 5.88 Å². The molecule has 1 heterocycles. The Balaban J connectivity index is 2.20. The number of nitrogens with zero attached hydrogens (tertiary/aromatic N) is 1. The van der Waals surface area contributed by atoms with Crippen molar-refractivity contribution in [1.29, 1.82) is 0 Å². The highest BCUT2D eigenvalue weighted by molar-refractivity contribution is 5.62. The second kappa shape index (κ2) is 5.48. The number of aromatic nitrogens is 1. The predicted molar refractivity (Wildman–Crippen MR) is 70.2 cm³/mol. The third kappa shape index (κ3) is 2.84. The van der Waals surface area contributed by atoms with Gasteiger partial charge in [-0.25, -0.2) is 4.98 Å². The molecule has 2 nitrogen and oxygen atoms in total. The maximum absolute atomic E-state index is 5.04. The molecule has 0 bridgehead atoms. The first kappa shape index (κ1) is 11.6. The molecular weight excluding hydrogens is 210 g/mol. The maximum Gasteiger partial charge on any atom is 0.212 e. The van der Waals surface area contributed by atoms with Gasteiger partial charge >= 0.3 is 0 Å². The molecule has 2 aromatic rings. The molecule has 2 heteroatoms. The molecule has 0 saturated carbocycles. The van der Waals surface area contributed by atoms with Gasteiger partial charge < -0.3 is 4.74 Å². The van der Waals surface area contributed by atoms with Gasteiger partial charge in [0, 0.05) is 17.8 Å². The van der Waals surface area contributed by atoms with E-state index in [2.05, 4.69) is 36.2 Å². The molecule has 0 amide bonds. The van der Waals surface area contributed by atoms with Gasteiger partial charge in [0.05, 0.1) is 7.11 Å². The van der Waals surface area contributed by atoms with E-state index in [0.717, 1.165) is 12.0 Å². The number of ether oxygens (including phenoxy) is 1. The number of hydrogen-bond donors (Lipinski definition) is 0. The average Bonchev–Trinajstić information content (AvgIpc) is 2.40. The first-order valence-corrected chi connectivity index (χ1v) is 5.93. The SMILES string of the molecule is CCCc1ccc(-c2ccc(OC)nc2)cc1. The molecule has 0 N–H and O–H groups in total. The summed E-state index contributed by atoms with van der Waals surface area (Å²) in [5, 5.41) is 0. The van der Waals surface area contributed by atoms with Gasteiger partial charge in [0.1, 0.15) is 0 Å². The van der Waals surface area contributed by atoms with Gasteiger partial charge in [-0.2, -0.15) is 0 Å². The Morgan fingerprint density at radius 3 is 2.24 bits per heavy atom. The summed E-state index contributed by atoms with van der Waals surface area (Å²) >= 11 is 0. The van der Waals surface area contributed by atoms with E-state index < -0.39 is 0 Å². The number of aryl methyl sites for hydroxylation is 1. The van der Waals surface area contributed by atoms with Crippen LogP contribution in [0.1, 0.15) is 18.9 Å². The monoisotopic (exact) mass is 227 g/mol. The summed E-state index contributed by atoms with van der Waals surface area (Å²) in [6.45, 7) is 2.20. The van der Waals surface area contributed by atoms with Crippen LogP contribution in [0.4, 0.5) is 0 Å². The highest BCUT2D eigenvalue weighted by Gasteiger charge is 1.99. The van der Waals surface area contributed by atoms with Crippen LogP contribution in [-0.4, -0.2) is 12.1 Å². The zero-order valence-electron chi connectivity index (χ0n) is 10.3. The van der Waals surface area contributed by atoms with Gasteiger partial charge in [-0.1, -0.05) is 37.6 Å². The molecule has 0 unspecified atom stereocenters. The first-order chi connectivity index (χ1) is 8.33. The number of benzene rings is 1. The van der Waals surface area contributed by atoms with Crippen LogP contribution in [0.3, 0.4) is 0 Å². The van der Waals surface area contributed by atoms with Crippen LogP contribution in [0.5, 0.6) is 5.88 Å². The quantitative estimate of drug-likeness (QED) is 0.794. The van der Waals surface area contributed by atoms with Crippen LogP contribution in [0.25, 0.3) is 11.1 Å². The summed E-state index contributed by atoms with van der Waals surface area (Å²) in [6.07, 6.45) is 4.16. The molecule has 0 spiro atoms. The normalized spacial score (nSPS) is 10.2. The standard InChI is InChI=1S/C15H17NO/c1-3-4-12-5-7-13(8-6-12)14-9-10-15(17-2)16-11-14/h5-11H,3-4H2,1-2H3. The van der Waals surface area contributed by atoms with Gasteiger partial charge in [-0.15, -0.1) is 0 Å². The zero-order valence-corrected chi connectivity index (χ0v) is 10.3. The largest absolute Gasteiger partial charge is 0.481 e. The van der Waals surface area contributed by atoms with Crippen LogP contribution in [0.2, 0.25) is 0 Å². The molecule has 2 rings (SSSR count). The second-order valence-corrected chi connectivity index (χ2v) is 4.04. The Morgan fingerprint density at radius 1 is 1.00 bits per heavy atom. The molecule has 0 aliphatic heterocycles. The van der Waals surface area contributed by atoms with Crippen LogP contribution in [0, 0.1) is 0 Å². The highest BCUT2D eigenvalue weighted by atomic mass is 16.5. The van der Waals surface area contributed by atoms with Crippen molar-refractivity contribution in [3.05, 3.63) is 48.2 Å². The molecule has 0 atom stereocenters. The number of pyridine rings is 1. The van der Waals surface area contributed by atoms with E-state index in [1.807, 2.05) is 18.3 Å². The maximum atomic E-state index is 5.04. The summed E-state index contributed by atoms with van der Waals surface area (Å²) in [5.74, 6) is 0.649. The Hall–Kier alpha value is -1.83. The number of hydrogen-bond acceptors (Lipinski definition) is 2. The molecule has 1 aromatic heterocycles. The zero-order chi connectivity index (χ0) is 12.1. The topological polar surface area (TPSA) is 22.1 Å². The molecule has 0 aliphatic carbocycles. The Labute approximate surface area is 102 Å². The minimum Gasteiger partial charge on any atom is -0.481 e. The van der Waals surface area contributed by atoms with Crippen molar-refractivity contribution < 1.29 is 4.74 Å². The average molecular weight is 227 g/mol. The van der Waals surface area contributed by atoms with Gasteiger partial charge in [-0.05, 0) is 23.6 Å². The fraction of sp³-hybridized carbons (Fsp3) is 0.267. The molecule has 1 aromatic carbocycles. The van der Waals surface area contributed by atoms with Crippen molar-refractivity contribution in [2.24, 2.45) is 0 Å². The molecule has 17 heavy (non-hydrogen) atoms. The van der Waals surface area contributed by atoms with E-state index in [-0.39, 0.29) is 0 Å². The lowest BCUT2D eigenvalue weighted by Crippen LogP contribution is -1.88. The minimum atomic E-state index is 0.649. The van der Waals surface area contributed by atoms with Gasteiger partial charge in [0.15, 0.2) is 0 Å².